The number of hydrogen-bond acceptors (Lipinski definition) is 5. The molecule has 3 heterocycles. The van der Waals surface area contributed by atoms with Crippen molar-refractivity contribution in [2.45, 2.75) is 38.3 Å². The van der Waals surface area contributed by atoms with Gasteiger partial charge in [-0.15, -0.1) is 0 Å². The molecule has 0 unspecified atom stereocenters. The molecule has 0 bridgehead atoms. The van der Waals surface area contributed by atoms with E-state index in [0.717, 1.165) is 10.5 Å². The summed E-state index contributed by atoms with van der Waals surface area (Å²) in [6.07, 6.45) is 2.40. The van der Waals surface area contributed by atoms with Gasteiger partial charge in [0.05, 0.1) is 12.0 Å². The standard InChI is InChI=1S/C21H21ClN4O4/c1-3-21(2)19(28)25(20(29)23-21)12-18(27)26-16(17-5-4-10-30-17)11-15(24-26)13-6-8-14(22)9-7-13/h4-10,16H,3,11-12H2,1-2H3,(H,23,29)/t16-,21-/m1/s1. The molecule has 2 aromatic rings. The molecular weight excluding hydrogens is 408 g/mol. The molecule has 1 aromatic heterocycles. The topological polar surface area (TPSA) is 95.2 Å². The Hall–Kier alpha value is -3.13. The maximum atomic E-state index is 13.1. The highest BCUT2D eigenvalue weighted by Crippen LogP contribution is 2.33. The highest BCUT2D eigenvalue weighted by Gasteiger charge is 2.48. The number of amides is 4. The van der Waals surface area contributed by atoms with Crippen molar-refractivity contribution in [3.63, 3.8) is 0 Å². The van der Waals surface area contributed by atoms with E-state index in [-0.39, 0.29) is 0 Å². The van der Waals surface area contributed by atoms with E-state index in [2.05, 4.69) is 10.4 Å². The molecule has 30 heavy (non-hydrogen) atoms. The van der Waals surface area contributed by atoms with Gasteiger partial charge in [0.15, 0.2) is 0 Å². The zero-order valence-corrected chi connectivity index (χ0v) is 17.3. The van der Waals surface area contributed by atoms with Crippen LogP contribution in [0.15, 0.2) is 52.2 Å². The third-order valence-corrected chi connectivity index (χ3v) is 5.81. The van der Waals surface area contributed by atoms with Gasteiger partial charge in [-0.2, -0.15) is 5.10 Å². The van der Waals surface area contributed by atoms with Gasteiger partial charge in [0, 0.05) is 11.4 Å². The Bertz CT molecular complexity index is 1020. The predicted molar refractivity (Wildman–Crippen MR) is 110 cm³/mol. The van der Waals surface area contributed by atoms with E-state index in [1.807, 2.05) is 12.1 Å². The number of hydrogen-bond donors (Lipinski definition) is 1. The van der Waals surface area contributed by atoms with Crippen LogP contribution in [0.1, 0.15) is 44.1 Å². The summed E-state index contributed by atoms with van der Waals surface area (Å²) in [7, 11) is 0. The molecule has 0 spiro atoms. The van der Waals surface area contributed by atoms with E-state index < -0.39 is 36.0 Å². The van der Waals surface area contributed by atoms with E-state index in [4.69, 9.17) is 16.0 Å². The Balaban J connectivity index is 1.60. The van der Waals surface area contributed by atoms with Gasteiger partial charge in [0.1, 0.15) is 23.9 Å². The Morgan fingerprint density at radius 3 is 2.63 bits per heavy atom. The zero-order chi connectivity index (χ0) is 21.5. The summed E-state index contributed by atoms with van der Waals surface area (Å²) in [6.45, 7) is 3.06. The lowest BCUT2D eigenvalue weighted by molar-refractivity contribution is -0.140. The van der Waals surface area contributed by atoms with Gasteiger partial charge in [0.2, 0.25) is 0 Å². The lowest BCUT2D eigenvalue weighted by Crippen LogP contribution is -2.44. The first-order valence-corrected chi connectivity index (χ1v) is 10.0. The van der Waals surface area contributed by atoms with Gasteiger partial charge < -0.3 is 9.73 Å². The fourth-order valence-corrected chi connectivity index (χ4v) is 3.72. The monoisotopic (exact) mass is 428 g/mol. The second-order valence-electron chi connectivity index (χ2n) is 7.53. The molecule has 2 atom stereocenters. The maximum absolute atomic E-state index is 13.1. The predicted octanol–water partition coefficient (Wildman–Crippen LogP) is 3.33. The SMILES string of the molecule is CC[C@@]1(C)NC(=O)N(CC(=O)N2N=C(c3ccc(Cl)cc3)C[C@@H]2c2ccco2)C1=O. The zero-order valence-electron chi connectivity index (χ0n) is 16.6. The molecule has 9 heteroatoms. The van der Waals surface area contributed by atoms with Crippen molar-refractivity contribution in [2.75, 3.05) is 6.54 Å². The van der Waals surface area contributed by atoms with Crippen molar-refractivity contribution >= 4 is 35.2 Å². The van der Waals surface area contributed by atoms with Crippen LogP contribution in [-0.4, -0.2) is 45.5 Å². The first-order valence-electron chi connectivity index (χ1n) is 9.65. The van der Waals surface area contributed by atoms with Crippen LogP contribution in [0.25, 0.3) is 0 Å². The summed E-state index contributed by atoms with van der Waals surface area (Å²) in [5.41, 5.74) is 0.525. The number of hydrazone groups is 1. The number of nitrogens with one attached hydrogen (secondary N) is 1. The molecular formula is C21H21ClN4O4. The van der Waals surface area contributed by atoms with Crippen LogP contribution >= 0.6 is 11.6 Å². The van der Waals surface area contributed by atoms with Gasteiger partial charge in [0.25, 0.3) is 11.8 Å². The minimum absolute atomic E-state index is 0.394. The van der Waals surface area contributed by atoms with E-state index in [0.29, 0.717) is 29.3 Å². The van der Waals surface area contributed by atoms with E-state index in [1.165, 1.54) is 11.3 Å². The Kier molecular flexibility index (Phi) is 5.11. The summed E-state index contributed by atoms with van der Waals surface area (Å²) >= 11 is 5.97. The Morgan fingerprint density at radius 1 is 1.30 bits per heavy atom. The summed E-state index contributed by atoms with van der Waals surface area (Å²) in [6, 6.07) is 9.65. The largest absolute Gasteiger partial charge is 0.467 e. The molecule has 2 aliphatic heterocycles. The average molecular weight is 429 g/mol. The van der Waals surface area contributed by atoms with Gasteiger partial charge in [-0.3, -0.25) is 14.5 Å². The van der Waals surface area contributed by atoms with Crippen molar-refractivity contribution < 1.29 is 18.8 Å². The van der Waals surface area contributed by atoms with Crippen LogP contribution in [0.3, 0.4) is 0 Å². The molecule has 2 aliphatic rings. The quantitative estimate of drug-likeness (QED) is 0.739. The smallest absolute Gasteiger partial charge is 0.325 e. The normalized spacial score (nSPS) is 23.7. The number of rotatable bonds is 5. The van der Waals surface area contributed by atoms with Crippen LogP contribution in [-0.2, 0) is 9.59 Å². The third-order valence-electron chi connectivity index (χ3n) is 5.56. The third kappa shape index (κ3) is 3.47. The van der Waals surface area contributed by atoms with Crippen LogP contribution < -0.4 is 5.32 Å². The van der Waals surface area contributed by atoms with Crippen molar-refractivity contribution in [3.8, 4) is 0 Å². The fourth-order valence-electron chi connectivity index (χ4n) is 3.60. The van der Waals surface area contributed by atoms with Crippen LogP contribution in [0, 0.1) is 0 Å². The minimum Gasteiger partial charge on any atom is -0.467 e. The number of halogens is 1. The van der Waals surface area contributed by atoms with Crippen molar-refractivity contribution in [3.05, 3.63) is 59.0 Å². The van der Waals surface area contributed by atoms with Crippen molar-refractivity contribution in [2.24, 2.45) is 5.10 Å². The Labute approximate surface area is 178 Å². The number of furan rings is 1. The number of carbonyl (C=O) groups is 3. The van der Waals surface area contributed by atoms with E-state index >= 15 is 0 Å². The maximum Gasteiger partial charge on any atom is 0.325 e. The molecule has 1 aromatic carbocycles. The molecule has 156 valence electrons. The highest BCUT2D eigenvalue weighted by atomic mass is 35.5. The highest BCUT2D eigenvalue weighted by molar-refractivity contribution is 6.30. The Morgan fingerprint density at radius 2 is 2.03 bits per heavy atom. The molecule has 8 nitrogen and oxygen atoms in total. The molecule has 4 amide bonds. The first kappa shape index (κ1) is 20.2. The molecule has 0 radical (unpaired) electrons. The molecule has 0 saturated carbocycles. The van der Waals surface area contributed by atoms with E-state index in [1.54, 1.807) is 38.1 Å². The summed E-state index contributed by atoms with van der Waals surface area (Å²) in [5.74, 6) is -0.310. The summed E-state index contributed by atoms with van der Waals surface area (Å²) in [4.78, 5) is 39.0. The number of urea groups is 1. The molecule has 0 aliphatic carbocycles. The lowest BCUT2D eigenvalue weighted by Gasteiger charge is -2.23. The molecule has 4 rings (SSSR count). The van der Waals surface area contributed by atoms with Gasteiger partial charge in [-0.25, -0.2) is 9.80 Å². The lowest BCUT2D eigenvalue weighted by atomic mass is 9.99. The second kappa shape index (κ2) is 7.60. The summed E-state index contributed by atoms with van der Waals surface area (Å²) in [5, 5.41) is 9.05. The number of nitrogens with zero attached hydrogens (tertiary/aromatic N) is 3. The molecule has 1 fully saturated rings. The number of imide groups is 1. The number of benzene rings is 1. The molecule has 1 N–H and O–H groups in total. The average Bonchev–Trinajstić information content (AvgIpc) is 3.44. The summed E-state index contributed by atoms with van der Waals surface area (Å²) < 4.78 is 5.52. The van der Waals surface area contributed by atoms with Gasteiger partial charge >= 0.3 is 6.03 Å². The van der Waals surface area contributed by atoms with Gasteiger partial charge in [-0.05, 0) is 43.2 Å². The van der Waals surface area contributed by atoms with Crippen LogP contribution in [0.2, 0.25) is 5.02 Å². The minimum atomic E-state index is -0.999. The van der Waals surface area contributed by atoms with Crippen LogP contribution in [0.5, 0.6) is 0 Å². The second-order valence-corrected chi connectivity index (χ2v) is 7.97. The fraction of sp³-hybridized carbons (Fsp3) is 0.333. The first-order chi connectivity index (χ1) is 14.3. The van der Waals surface area contributed by atoms with E-state index in [9.17, 15) is 14.4 Å². The van der Waals surface area contributed by atoms with Gasteiger partial charge in [-0.1, -0.05) is 30.7 Å². The number of carbonyl (C=O) groups excluding carboxylic acids is 3. The van der Waals surface area contributed by atoms with Crippen LogP contribution in [0.4, 0.5) is 4.79 Å². The molecule has 1 saturated heterocycles. The van der Waals surface area contributed by atoms with Crippen molar-refractivity contribution in [1.29, 1.82) is 0 Å². The van der Waals surface area contributed by atoms with Crippen molar-refractivity contribution in [1.82, 2.24) is 15.2 Å².